The van der Waals surface area contributed by atoms with Gasteiger partial charge in [0, 0.05) is 24.9 Å². The first-order chi connectivity index (χ1) is 13.5. The topological polar surface area (TPSA) is 50.8 Å². The zero-order chi connectivity index (χ0) is 20.0. The predicted molar refractivity (Wildman–Crippen MR) is 113 cm³/mol. The molecular formula is C23H36N2O3. The van der Waals surface area contributed by atoms with Crippen LogP contribution >= 0.6 is 0 Å². The van der Waals surface area contributed by atoms with Crippen LogP contribution in [0, 0.1) is 5.92 Å². The second-order valence-corrected chi connectivity index (χ2v) is 8.38. The lowest BCUT2D eigenvalue weighted by Gasteiger charge is -2.33. The number of hydrogen-bond acceptors (Lipinski definition) is 4. The molecule has 1 saturated heterocycles. The van der Waals surface area contributed by atoms with Crippen molar-refractivity contribution in [3.8, 4) is 5.75 Å². The van der Waals surface area contributed by atoms with Gasteiger partial charge in [0.1, 0.15) is 11.4 Å². The molecule has 1 aromatic carbocycles. The van der Waals surface area contributed by atoms with Crippen molar-refractivity contribution in [3.63, 3.8) is 0 Å². The summed E-state index contributed by atoms with van der Waals surface area (Å²) in [5.74, 6) is 1.12. The summed E-state index contributed by atoms with van der Waals surface area (Å²) >= 11 is 0. The first kappa shape index (κ1) is 21.1. The molecule has 0 unspecified atom stereocenters. The standard InChI is InChI=1S/C23H36N2O3/c1-4-28-23(3,19-9-10-19)22(26)24-20-11-13-21(14-12-20)27-17-7-16-25-15-6-5-8-18(25)2/h11-14,18-19H,4-10,15-17H2,1-3H3,(H,24,26)/t18-,23-/m0/s1. The van der Waals surface area contributed by atoms with E-state index in [2.05, 4.69) is 17.1 Å². The third-order valence-corrected chi connectivity index (χ3v) is 6.16. The number of carbonyl (C=O) groups is 1. The lowest BCUT2D eigenvalue weighted by Crippen LogP contribution is -2.44. The zero-order valence-electron chi connectivity index (χ0n) is 17.7. The summed E-state index contributed by atoms with van der Waals surface area (Å²) in [6.07, 6.45) is 7.16. The molecule has 2 aliphatic rings. The molecule has 28 heavy (non-hydrogen) atoms. The molecule has 1 N–H and O–H groups in total. The van der Waals surface area contributed by atoms with Gasteiger partial charge in [0.25, 0.3) is 5.91 Å². The van der Waals surface area contributed by atoms with Crippen LogP contribution in [0.15, 0.2) is 24.3 Å². The van der Waals surface area contributed by atoms with Gasteiger partial charge in [-0.1, -0.05) is 6.42 Å². The predicted octanol–water partition coefficient (Wildman–Crippen LogP) is 4.47. The van der Waals surface area contributed by atoms with Crippen LogP contribution in [0.4, 0.5) is 5.69 Å². The highest BCUT2D eigenvalue weighted by Gasteiger charge is 2.48. The Hall–Kier alpha value is -1.59. The van der Waals surface area contributed by atoms with Crippen molar-refractivity contribution in [2.45, 2.75) is 70.9 Å². The van der Waals surface area contributed by atoms with E-state index in [0.717, 1.165) is 43.9 Å². The molecule has 0 radical (unpaired) electrons. The van der Waals surface area contributed by atoms with Gasteiger partial charge in [-0.2, -0.15) is 0 Å². The molecule has 1 aromatic rings. The summed E-state index contributed by atoms with van der Waals surface area (Å²) in [5.41, 5.74) is 0.0567. The van der Waals surface area contributed by atoms with Gasteiger partial charge in [0.2, 0.25) is 0 Å². The van der Waals surface area contributed by atoms with Crippen LogP contribution in [0.5, 0.6) is 5.75 Å². The van der Waals surface area contributed by atoms with Gasteiger partial charge >= 0.3 is 0 Å². The number of ether oxygens (including phenoxy) is 2. The van der Waals surface area contributed by atoms with Crippen molar-refractivity contribution >= 4 is 11.6 Å². The summed E-state index contributed by atoms with van der Waals surface area (Å²) in [4.78, 5) is 15.3. The summed E-state index contributed by atoms with van der Waals surface area (Å²) in [6, 6.07) is 8.36. The Kier molecular flexibility index (Phi) is 7.36. The smallest absolute Gasteiger partial charge is 0.256 e. The first-order valence-corrected chi connectivity index (χ1v) is 10.9. The molecule has 1 amide bonds. The molecular weight excluding hydrogens is 352 g/mol. The molecule has 2 atom stereocenters. The Morgan fingerprint density at radius 3 is 2.61 bits per heavy atom. The molecule has 3 rings (SSSR count). The fraction of sp³-hybridized carbons (Fsp3) is 0.696. The van der Waals surface area contributed by atoms with E-state index in [9.17, 15) is 4.79 Å². The van der Waals surface area contributed by atoms with Crippen molar-refractivity contribution in [1.82, 2.24) is 4.90 Å². The fourth-order valence-electron chi connectivity index (χ4n) is 4.14. The minimum atomic E-state index is -0.727. The zero-order valence-corrected chi connectivity index (χ0v) is 17.7. The average Bonchev–Trinajstić information content (AvgIpc) is 3.53. The van der Waals surface area contributed by atoms with E-state index >= 15 is 0 Å². The SMILES string of the molecule is CCO[C@](C)(C(=O)Nc1ccc(OCCCN2CCCC[C@@H]2C)cc1)C1CC1. The third kappa shape index (κ3) is 5.48. The Bertz CT molecular complexity index is 629. The number of nitrogens with one attached hydrogen (secondary N) is 1. The number of likely N-dealkylation sites (tertiary alicyclic amines) is 1. The van der Waals surface area contributed by atoms with E-state index in [4.69, 9.17) is 9.47 Å². The van der Waals surface area contributed by atoms with Gasteiger partial charge in [0.05, 0.1) is 6.61 Å². The minimum absolute atomic E-state index is 0.0545. The van der Waals surface area contributed by atoms with Crippen LogP contribution < -0.4 is 10.1 Å². The first-order valence-electron chi connectivity index (χ1n) is 10.9. The molecule has 2 fully saturated rings. The van der Waals surface area contributed by atoms with E-state index in [1.54, 1.807) is 0 Å². The van der Waals surface area contributed by atoms with E-state index in [0.29, 0.717) is 18.6 Å². The lowest BCUT2D eigenvalue weighted by molar-refractivity contribution is -0.141. The largest absolute Gasteiger partial charge is 0.494 e. The van der Waals surface area contributed by atoms with Crippen LogP contribution in [-0.4, -0.2) is 48.8 Å². The number of piperidine rings is 1. The summed E-state index contributed by atoms with van der Waals surface area (Å²) in [5, 5.41) is 3.00. The highest BCUT2D eigenvalue weighted by molar-refractivity contribution is 5.97. The van der Waals surface area contributed by atoms with Crippen molar-refractivity contribution in [1.29, 1.82) is 0 Å². The number of anilines is 1. The van der Waals surface area contributed by atoms with Crippen molar-refractivity contribution in [2.24, 2.45) is 5.92 Å². The lowest BCUT2D eigenvalue weighted by atomic mass is 9.99. The second-order valence-electron chi connectivity index (χ2n) is 8.38. The van der Waals surface area contributed by atoms with Gasteiger partial charge in [-0.3, -0.25) is 4.79 Å². The maximum atomic E-state index is 12.7. The third-order valence-electron chi connectivity index (χ3n) is 6.16. The van der Waals surface area contributed by atoms with Gasteiger partial charge < -0.3 is 19.7 Å². The number of carbonyl (C=O) groups excluding carboxylic acids is 1. The van der Waals surface area contributed by atoms with Gasteiger partial charge in [0.15, 0.2) is 0 Å². The molecule has 0 spiro atoms. The van der Waals surface area contributed by atoms with E-state index < -0.39 is 5.60 Å². The van der Waals surface area contributed by atoms with Crippen LogP contribution in [0.25, 0.3) is 0 Å². The molecule has 1 aliphatic heterocycles. The Morgan fingerprint density at radius 1 is 1.21 bits per heavy atom. The number of benzene rings is 1. The summed E-state index contributed by atoms with van der Waals surface area (Å²) in [7, 11) is 0. The van der Waals surface area contributed by atoms with Gasteiger partial charge in [-0.05, 0) is 89.6 Å². The Balaban J connectivity index is 1.42. The van der Waals surface area contributed by atoms with Crippen molar-refractivity contribution < 1.29 is 14.3 Å². The second kappa shape index (κ2) is 9.75. The van der Waals surface area contributed by atoms with Gasteiger partial charge in [-0.15, -0.1) is 0 Å². The Morgan fingerprint density at radius 2 is 1.96 bits per heavy atom. The van der Waals surface area contributed by atoms with Crippen molar-refractivity contribution in [2.75, 3.05) is 31.6 Å². The quantitative estimate of drug-likeness (QED) is 0.601. The molecule has 1 aliphatic carbocycles. The number of rotatable bonds is 10. The molecule has 156 valence electrons. The van der Waals surface area contributed by atoms with Crippen LogP contribution in [0.3, 0.4) is 0 Å². The minimum Gasteiger partial charge on any atom is -0.494 e. The highest BCUT2D eigenvalue weighted by Crippen LogP contribution is 2.42. The monoisotopic (exact) mass is 388 g/mol. The fourth-order valence-corrected chi connectivity index (χ4v) is 4.14. The summed E-state index contributed by atoms with van der Waals surface area (Å²) in [6.45, 7) is 9.76. The highest BCUT2D eigenvalue weighted by atomic mass is 16.5. The van der Waals surface area contributed by atoms with Crippen LogP contribution in [-0.2, 0) is 9.53 Å². The number of amides is 1. The maximum absolute atomic E-state index is 12.7. The number of hydrogen-bond donors (Lipinski definition) is 1. The van der Waals surface area contributed by atoms with E-state index in [-0.39, 0.29) is 5.91 Å². The van der Waals surface area contributed by atoms with Gasteiger partial charge in [-0.25, -0.2) is 0 Å². The average molecular weight is 389 g/mol. The summed E-state index contributed by atoms with van der Waals surface area (Å²) < 4.78 is 11.7. The molecule has 5 nitrogen and oxygen atoms in total. The Labute approximate surface area is 169 Å². The molecule has 1 heterocycles. The molecule has 0 aromatic heterocycles. The molecule has 1 saturated carbocycles. The van der Waals surface area contributed by atoms with Crippen molar-refractivity contribution in [3.05, 3.63) is 24.3 Å². The maximum Gasteiger partial charge on any atom is 0.256 e. The molecule has 5 heteroatoms. The normalized spacial score (nSPS) is 22.5. The number of nitrogens with zero attached hydrogens (tertiary/aromatic N) is 1. The van der Waals surface area contributed by atoms with Crippen LogP contribution in [0.1, 0.15) is 59.3 Å². The molecule has 0 bridgehead atoms. The van der Waals surface area contributed by atoms with E-state index in [1.165, 1.54) is 25.8 Å². The van der Waals surface area contributed by atoms with Crippen LogP contribution in [0.2, 0.25) is 0 Å². The van der Waals surface area contributed by atoms with E-state index in [1.807, 2.05) is 38.1 Å².